The summed E-state index contributed by atoms with van der Waals surface area (Å²) in [5.74, 6) is 1.04. The first-order chi connectivity index (χ1) is 7.69. The molecule has 16 heavy (non-hydrogen) atoms. The van der Waals surface area contributed by atoms with Crippen molar-refractivity contribution in [2.75, 3.05) is 14.2 Å². The normalized spacial score (nSPS) is 19.4. The number of hydrogen-bond donors (Lipinski definition) is 1. The van der Waals surface area contributed by atoms with Crippen LogP contribution in [0, 0.1) is 6.92 Å². The minimum Gasteiger partial charge on any atom is -0.496 e. The van der Waals surface area contributed by atoms with Gasteiger partial charge in [-0.05, 0) is 50.4 Å². The first-order valence-corrected chi connectivity index (χ1v) is 6.51. The van der Waals surface area contributed by atoms with Crippen molar-refractivity contribution in [1.82, 2.24) is 5.32 Å². The lowest BCUT2D eigenvalue weighted by Crippen LogP contribution is -2.23. The number of nitrogens with one attached hydrogen (secondary N) is 1. The van der Waals surface area contributed by atoms with Crippen LogP contribution in [0.2, 0.25) is 0 Å². The van der Waals surface area contributed by atoms with E-state index in [1.165, 1.54) is 34.0 Å². The van der Waals surface area contributed by atoms with Crippen molar-refractivity contribution in [2.24, 2.45) is 0 Å². The topological polar surface area (TPSA) is 21.3 Å². The zero-order chi connectivity index (χ0) is 11.7. The van der Waals surface area contributed by atoms with Gasteiger partial charge in [0, 0.05) is 16.1 Å². The molecule has 0 radical (unpaired) electrons. The van der Waals surface area contributed by atoms with Crippen LogP contribution < -0.4 is 10.1 Å². The average molecular weight is 284 g/mol. The number of fused-ring (bicyclic) bond motifs is 1. The van der Waals surface area contributed by atoms with Crippen LogP contribution in [-0.4, -0.2) is 14.2 Å². The molecule has 1 aliphatic rings. The zero-order valence-corrected chi connectivity index (χ0v) is 11.6. The van der Waals surface area contributed by atoms with Crippen molar-refractivity contribution in [2.45, 2.75) is 32.2 Å². The second kappa shape index (κ2) is 4.76. The molecule has 1 atom stereocenters. The van der Waals surface area contributed by atoms with E-state index in [1.54, 1.807) is 7.11 Å². The minimum atomic E-state index is 0.451. The lowest BCUT2D eigenvalue weighted by atomic mass is 9.86. The molecule has 1 N–H and O–H groups in total. The van der Waals surface area contributed by atoms with Gasteiger partial charge in [-0.1, -0.05) is 15.9 Å². The van der Waals surface area contributed by atoms with Crippen LogP contribution in [0.1, 0.15) is 35.6 Å². The molecule has 0 saturated carbocycles. The van der Waals surface area contributed by atoms with E-state index in [4.69, 9.17) is 4.74 Å². The Morgan fingerprint density at radius 1 is 1.50 bits per heavy atom. The van der Waals surface area contributed by atoms with E-state index >= 15 is 0 Å². The Hall–Kier alpha value is -0.540. The molecule has 1 aromatic carbocycles. The van der Waals surface area contributed by atoms with Gasteiger partial charge in [-0.25, -0.2) is 0 Å². The summed E-state index contributed by atoms with van der Waals surface area (Å²) in [6.07, 6.45) is 3.55. The maximum atomic E-state index is 5.49. The van der Waals surface area contributed by atoms with E-state index in [0.29, 0.717) is 6.04 Å². The van der Waals surface area contributed by atoms with Crippen LogP contribution in [0.4, 0.5) is 0 Å². The molecule has 0 fully saturated rings. The molecule has 2 nitrogen and oxygen atoms in total. The summed E-state index contributed by atoms with van der Waals surface area (Å²) in [5.41, 5.74) is 4.01. The number of ether oxygens (including phenoxy) is 1. The molecule has 1 unspecified atom stereocenters. The number of methoxy groups -OCH3 is 1. The van der Waals surface area contributed by atoms with Crippen LogP contribution >= 0.6 is 15.9 Å². The summed E-state index contributed by atoms with van der Waals surface area (Å²) in [4.78, 5) is 0. The highest BCUT2D eigenvalue weighted by atomic mass is 79.9. The summed E-state index contributed by atoms with van der Waals surface area (Å²) in [6.45, 7) is 2.12. The van der Waals surface area contributed by atoms with Crippen molar-refractivity contribution in [3.05, 3.63) is 27.2 Å². The van der Waals surface area contributed by atoms with Gasteiger partial charge in [0.15, 0.2) is 0 Å². The van der Waals surface area contributed by atoms with Crippen molar-refractivity contribution in [1.29, 1.82) is 0 Å². The summed E-state index contributed by atoms with van der Waals surface area (Å²) in [5, 5.41) is 3.39. The molecule has 0 heterocycles. The van der Waals surface area contributed by atoms with Gasteiger partial charge in [0.25, 0.3) is 0 Å². The molecule has 0 bridgehead atoms. The van der Waals surface area contributed by atoms with Gasteiger partial charge in [-0.2, -0.15) is 0 Å². The van der Waals surface area contributed by atoms with E-state index in [2.05, 4.69) is 34.2 Å². The Bertz CT molecular complexity index is 403. The second-order valence-electron chi connectivity index (χ2n) is 4.34. The Labute approximate surface area is 106 Å². The van der Waals surface area contributed by atoms with Gasteiger partial charge >= 0.3 is 0 Å². The molecule has 1 aromatic rings. The monoisotopic (exact) mass is 283 g/mol. The zero-order valence-electron chi connectivity index (χ0n) is 10.1. The Kier molecular flexibility index (Phi) is 3.55. The predicted molar refractivity (Wildman–Crippen MR) is 70.2 cm³/mol. The van der Waals surface area contributed by atoms with Crippen LogP contribution in [0.5, 0.6) is 5.75 Å². The van der Waals surface area contributed by atoms with Crippen molar-refractivity contribution in [3.8, 4) is 5.75 Å². The molecule has 0 saturated heterocycles. The Morgan fingerprint density at radius 3 is 2.88 bits per heavy atom. The van der Waals surface area contributed by atoms with Gasteiger partial charge in [-0.3, -0.25) is 0 Å². The fourth-order valence-corrected chi connectivity index (χ4v) is 3.17. The highest BCUT2D eigenvalue weighted by molar-refractivity contribution is 9.10. The lowest BCUT2D eigenvalue weighted by Gasteiger charge is -2.28. The van der Waals surface area contributed by atoms with E-state index in [-0.39, 0.29) is 0 Å². The minimum absolute atomic E-state index is 0.451. The van der Waals surface area contributed by atoms with Crippen LogP contribution in [0.3, 0.4) is 0 Å². The molecule has 88 valence electrons. The highest BCUT2D eigenvalue weighted by Gasteiger charge is 2.25. The maximum absolute atomic E-state index is 5.49. The lowest BCUT2D eigenvalue weighted by molar-refractivity contribution is 0.398. The van der Waals surface area contributed by atoms with Crippen LogP contribution in [-0.2, 0) is 6.42 Å². The third kappa shape index (κ3) is 1.87. The first kappa shape index (κ1) is 11.9. The van der Waals surface area contributed by atoms with E-state index < -0.39 is 0 Å². The molecule has 3 heteroatoms. The van der Waals surface area contributed by atoms with Gasteiger partial charge in [0.2, 0.25) is 0 Å². The molecule has 0 spiro atoms. The van der Waals surface area contributed by atoms with E-state index in [1.807, 2.05) is 7.05 Å². The number of hydrogen-bond acceptors (Lipinski definition) is 2. The summed E-state index contributed by atoms with van der Waals surface area (Å²) in [7, 11) is 3.78. The Balaban J connectivity index is 2.62. The van der Waals surface area contributed by atoms with Crippen molar-refractivity contribution < 1.29 is 4.74 Å². The quantitative estimate of drug-likeness (QED) is 0.899. The van der Waals surface area contributed by atoms with Gasteiger partial charge in [0.05, 0.1) is 7.11 Å². The predicted octanol–water partition coefficient (Wildman–Crippen LogP) is 3.36. The summed E-state index contributed by atoms with van der Waals surface area (Å²) in [6, 6.07) is 2.58. The van der Waals surface area contributed by atoms with Gasteiger partial charge in [-0.15, -0.1) is 0 Å². The number of aryl methyl sites for hydroxylation is 1. The third-order valence-electron chi connectivity index (χ3n) is 3.39. The molecule has 0 aliphatic heterocycles. The molecular formula is C13H18BrNO. The maximum Gasteiger partial charge on any atom is 0.122 e. The van der Waals surface area contributed by atoms with Crippen LogP contribution in [0.25, 0.3) is 0 Å². The third-order valence-corrected chi connectivity index (χ3v) is 4.44. The van der Waals surface area contributed by atoms with E-state index in [9.17, 15) is 0 Å². The van der Waals surface area contributed by atoms with Crippen molar-refractivity contribution >= 4 is 15.9 Å². The molecule has 1 aliphatic carbocycles. The fraction of sp³-hybridized carbons (Fsp3) is 0.538. The average Bonchev–Trinajstić information content (AvgIpc) is 2.32. The van der Waals surface area contributed by atoms with Gasteiger partial charge in [0.1, 0.15) is 5.75 Å². The number of rotatable bonds is 2. The number of benzene rings is 1. The smallest absolute Gasteiger partial charge is 0.122 e. The molecule has 0 amide bonds. The number of halogens is 1. The van der Waals surface area contributed by atoms with Gasteiger partial charge < -0.3 is 10.1 Å². The van der Waals surface area contributed by atoms with E-state index in [0.717, 1.165) is 12.2 Å². The fourth-order valence-electron chi connectivity index (χ4n) is 2.54. The first-order valence-electron chi connectivity index (χ1n) is 5.72. The second-order valence-corrected chi connectivity index (χ2v) is 5.13. The highest BCUT2D eigenvalue weighted by Crippen LogP contribution is 2.41. The van der Waals surface area contributed by atoms with Crippen LogP contribution in [0.15, 0.2) is 10.5 Å². The molecule has 0 aromatic heterocycles. The largest absolute Gasteiger partial charge is 0.496 e. The molecule has 2 rings (SSSR count). The summed E-state index contributed by atoms with van der Waals surface area (Å²) < 4.78 is 6.73. The SMILES string of the molecule is CNC1CCCc2c(OC)cc(C)c(Br)c21. The van der Waals surface area contributed by atoms with Crippen molar-refractivity contribution in [3.63, 3.8) is 0 Å². The summed E-state index contributed by atoms with van der Waals surface area (Å²) >= 11 is 3.71. The standard InChI is InChI=1S/C13H18BrNO/c1-8-7-11(16-3)9-5-4-6-10(15-2)12(9)13(8)14/h7,10,15H,4-6H2,1-3H3. The Morgan fingerprint density at radius 2 is 2.25 bits per heavy atom. The molecular weight excluding hydrogens is 266 g/mol.